The molecule has 1 aliphatic rings. The Labute approximate surface area is 199 Å². The van der Waals surface area contributed by atoms with E-state index in [1.54, 1.807) is 0 Å². The molecular formula is C22H25ClFN5O5. The van der Waals surface area contributed by atoms with E-state index in [0.29, 0.717) is 30.7 Å². The summed E-state index contributed by atoms with van der Waals surface area (Å²) in [5.74, 6) is -3.15. The number of aryl methyl sites for hydroxylation is 1. The van der Waals surface area contributed by atoms with Crippen LogP contribution in [0, 0.1) is 11.7 Å². The van der Waals surface area contributed by atoms with Crippen molar-refractivity contribution in [2.24, 2.45) is 5.92 Å². The van der Waals surface area contributed by atoms with Crippen molar-refractivity contribution in [3.63, 3.8) is 0 Å². The average Bonchev–Trinajstić information content (AvgIpc) is 3.02. The summed E-state index contributed by atoms with van der Waals surface area (Å²) in [5.41, 5.74) is -0.594. The van der Waals surface area contributed by atoms with E-state index in [0.717, 1.165) is 0 Å². The van der Waals surface area contributed by atoms with Crippen molar-refractivity contribution < 1.29 is 23.9 Å². The van der Waals surface area contributed by atoms with Gasteiger partial charge in [0, 0.05) is 40.2 Å². The van der Waals surface area contributed by atoms with Gasteiger partial charge in [0.1, 0.15) is 11.6 Å². The van der Waals surface area contributed by atoms with Crippen molar-refractivity contribution in [2.75, 3.05) is 20.6 Å². The first-order chi connectivity index (χ1) is 16.1. The number of likely N-dealkylation sites (N-methyl/N-ethyl adjacent to an activating group) is 1. The fraction of sp³-hybridized carbons (Fsp3) is 0.409. The summed E-state index contributed by atoms with van der Waals surface area (Å²) in [7, 11) is 2.97. The van der Waals surface area contributed by atoms with Crippen LogP contribution in [-0.2, 0) is 29.1 Å². The Kier molecular flexibility index (Phi) is 7.87. The lowest BCUT2D eigenvalue weighted by atomic mass is 10.0. The number of aromatic nitrogens is 2. The molecule has 1 atom stereocenters. The Morgan fingerprint density at radius 2 is 2.00 bits per heavy atom. The summed E-state index contributed by atoms with van der Waals surface area (Å²) in [4.78, 5) is 54.3. The van der Waals surface area contributed by atoms with Gasteiger partial charge in [0.25, 0.3) is 11.5 Å². The van der Waals surface area contributed by atoms with Gasteiger partial charge in [-0.2, -0.15) is 0 Å². The number of nitrogens with zero attached hydrogens (tertiary/aromatic N) is 3. The molecule has 0 bridgehead atoms. The first-order valence-electron chi connectivity index (χ1n) is 10.6. The zero-order chi connectivity index (χ0) is 25.0. The maximum absolute atomic E-state index is 13.3. The van der Waals surface area contributed by atoms with E-state index in [-0.39, 0.29) is 30.6 Å². The molecule has 10 nitrogen and oxygen atoms in total. The van der Waals surface area contributed by atoms with Crippen LogP contribution < -0.4 is 16.2 Å². The van der Waals surface area contributed by atoms with E-state index >= 15 is 0 Å². The molecule has 3 rings (SSSR count). The number of hydrogen-bond donors (Lipinski definition) is 3. The molecule has 0 spiro atoms. The van der Waals surface area contributed by atoms with E-state index < -0.39 is 40.5 Å². The third-order valence-electron chi connectivity index (χ3n) is 5.57. The molecule has 1 aliphatic heterocycles. The molecule has 2 heterocycles. The van der Waals surface area contributed by atoms with Crippen LogP contribution in [0.25, 0.3) is 0 Å². The molecule has 3 N–H and O–H groups in total. The highest BCUT2D eigenvalue weighted by molar-refractivity contribution is 6.34. The molecule has 0 saturated carbocycles. The first-order valence-corrected chi connectivity index (χ1v) is 11.0. The number of rotatable bonds is 5. The first kappa shape index (κ1) is 25.2. The summed E-state index contributed by atoms with van der Waals surface area (Å²) >= 11 is 5.74. The monoisotopic (exact) mass is 493 g/mol. The second-order valence-corrected chi connectivity index (χ2v) is 8.62. The van der Waals surface area contributed by atoms with Crippen LogP contribution >= 0.6 is 11.6 Å². The largest absolute Gasteiger partial charge is 0.501 e. The van der Waals surface area contributed by atoms with Gasteiger partial charge in [-0.05, 0) is 36.5 Å². The number of fused-ring (bicyclic) bond motifs is 1. The number of amides is 3. The minimum atomic E-state index is -0.762. The van der Waals surface area contributed by atoms with E-state index in [1.165, 1.54) is 41.8 Å². The van der Waals surface area contributed by atoms with Crippen LogP contribution in [0.2, 0.25) is 5.02 Å². The topological polar surface area (TPSA) is 134 Å². The zero-order valence-electron chi connectivity index (χ0n) is 18.7. The highest BCUT2D eigenvalue weighted by Gasteiger charge is 2.25. The summed E-state index contributed by atoms with van der Waals surface area (Å²) in [5, 5.41) is 15.4. The molecule has 1 unspecified atom stereocenters. The Balaban J connectivity index is 1.68. The van der Waals surface area contributed by atoms with E-state index in [9.17, 15) is 28.7 Å². The molecule has 1 aromatic heterocycles. The lowest BCUT2D eigenvalue weighted by Gasteiger charge is -2.15. The maximum atomic E-state index is 13.3. The molecular weight excluding hydrogens is 469 g/mol. The predicted octanol–water partition coefficient (Wildman–Crippen LogP) is 0.828. The van der Waals surface area contributed by atoms with Gasteiger partial charge in [-0.3, -0.25) is 23.7 Å². The van der Waals surface area contributed by atoms with Crippen molar-refractivity contribution in [1.82, 2.24) is 25.1 Å². The van der Waals surface area contributed by atoms with Gasteiger partial charge >= 0.3 is 11.8 Å². The lowest BCUT2D eigenvalue weighted by molar-refractivity contribution is -0.144. The number of carbonyl (C=O) groups is 3. The fourth-order valence-corrected chi connectivity index (χ4v) is 3.80. The number of nitrogens with one attached hydrogen (secondary N) is 2. The van der Waals surface area contributed by atoms with Crippen molar-refractivity contribution in [3.8, 4) is 5.75 Å². The Morgan fingerprint density at radius 1 is 1.26 bits per heavy atom. The normalized spacial score (nSPS) is 15.1. The van der Waals surface area contributed by atoms with Crippen LogP contribution in [0.15, 0.2) is 23.0 Å². The highest BCUT2D eigenvalue weighted by atomic mass is 35.5. The minimum absolute atomic E-state index is 0.00812. The van der Waals surface area contributed by atoms with Crippen molar-refractivity contribution in [3.05, 3.63) is 56.5 Å². The summed E-state index contributed by atoms with van der Waals surface area (Å²) in [6, 6.07) is 3.98. The quantitative estimate of drug-likeness (QED) is 0.528. The van der Waals surface area contributed by atoms with Crippen molar-refractivity contribution in [2.45, 2.75) is 32.4 Å². The Hall–Kier alpha value is -3.47. The molecule has 0 saturated heterocycles. The van der Waals surface area contributed by atoms with Gasteiger partial charge in [-0.1, -0.05) is 17.7 Å². The number of benzene rings is 1. The third-order valence-corrected chi connectivity index (χ3v) is 5.86. The standard InChI is InChI=1S/C22H25ClFN5O5/c1-28(2)22(34)20(32)26-10-12-4-6-16-27-17(18(30)21(33)29(16)8-7-12)19(31)25-11-13-3-5-15(24)14(23)9-13/h3,5,9,12,30H,4,6-8,10-11H2,1-2H3,(H,25,31)(H,26,32). The second kappa shape index (κ2) is 10.6. The smallest absolute Gasteiger partial charge is 0.311 e. The van der Waals surface area contributed by atoms with Gasteiger partial charge < -0.3 is 20.6 Å². The molecule has 34 heavy (non-hydrogen) atoms. The van der Waals surface area contributed by atoms with Crippen LogP contribution in [0.5, 0.6) is 5.75 Å². The lowest BCUT2D eigenvalue weighted by Crippen LogP contribution is -2.41. The predicted molar refractivity (Wildman–Crippen MR) is 121 cm³/mol. The number of halogens is 2. The molecule has 1 aromatic carbocycles. The molecule has 182 valence electrons. The van der Waals surface area contributed by atoms with Gasteiger partial charge in [0.2, 0.25) is 5.75 Å². The van der Waals surface area contributed by atoms with Gasteiger partial charge in [0.15, 0.2) is 5.69 Å². The van der Waals surface area contributed by atoms with Crippen molar-refractivity contribution in [1.29, 1.82) is 0 Å². The summed E-state index contributed by atoms with van der Waals surface area (Å²) < 4.78 is 14.6. The third kappa shape index (κ3) is 5.71. The van der Waals surface area contributed by atoms with Crippen LogP contribution in [0.3, 0.4) is 0 Å². The van der Waals surface area contributed by atoms with E-state index in [2.05, 4.69) is 15.6 Å². The maximum Gasteiger partial charge on any atom is 0.311 e. The highest BCUT2D eigenvalue weighted by Crippen LogP contribution is 2.20. The summed E-state index contributed by atoms with van der Waals surface area (Å²) in [6.45, 7) is 0.486. The van der Waals surface area contributed by atoms with Crippen LogP contribution in [0.4, 0.5) is 4.39 Å². The average molecular weight is 494 g/mol. The second-order valence-electron chi connectivity index (χ2n) is 8.22. The van der Waals surface area contributed by atoms with Gasteiger partial charge in [-0.25, -0.2) is 9.37 Å². The number of aromatic hydroxyl groups is 1. The molecule has 3 amide bonds. The fourth-order valence-electron chi connectivity index (χ4n) is 3.59. The molecule has 12 heteroatoms. The Morgan fingerprint density at radius 3 is 2.68 bits per heavy atom. The number of hydrogen-bond acceptors (Lipinski definition) is 6. The number of carbonyl (C=O) groups excluding carboxylic acids is 3. The van der Waals surface area contributed by atoms with Gasteiger partial charge in [0.05, 0.1) is 5.02 Å². The van der Waals surface area contributed by atoms with Crippen LogP contribution in [-0.4, -0.2) is 57.9 Å². The molecule has 0 aliphatic carbocycles. The van der Waals surface area contributed by atoms with E-state index in [4.69, 9.17) is 11.6 Å². The SMILES string of the molecule is CN(C)C(=O)C(=O)NCC1CCc2nc(C(=O)NCc3ccc(F)c(Cl)c3)c(O)c(=O)n2CC1. The molecule has 0 radical (unpaired) electrons. The van der Waals surface area contributed by atoms with E-state index in [1.807, 2.05) is 0 Å². The Bertz CT molecular complexity index is 1180. The summed E-state index contributed by atoms with van der Waals surface area (Å²) in [6.07, 6.45) is 1.41. The zero-order valence-corrected chi connectivity index (χ0v) is 19.5. The van der Waals surface area contributed by atoms with Crippen molar-refractivity contribution >= 4 is 29.3 Å². The minimum Gasteiger partial charge on any atom is -0.501 e. The van der Waals surface area contributed by atoms with Crippen LogP contribution in [0.1, 0.15) is 34.7 Å². The molecule has 2 aromatic rings. The molecule has 0 fully saturated rings. The van der Waals surface area contributed by atoms with Gasteiger partial charge in [-0.15, -0.1) is 0 Å².